The highest BCUT2D eigenvalue weighted by Crippen LogP contribution is 2.41. The summed E-state index contributed by atoms with van der Waals surface area (Å²) < 4.78 is 5.20. The molecule has 3 heteroatoms. The van der Waals surface area contributed by atoms with E-state index in [0.29, 0.717) is 5.02 Å². The molecule has 1 aliphatic heterocycles. The first-order valence-corrected chi connectivity index (χ1v) is 4.21. The van der Waals surface area contributed by atoms with E-state index < -0.39 is 0 Å². The Balaban J connectivity index is 2.19. The van der Waals surface area contributed by atoms with Gasteiger partial charge < -0.3 is 9.84 Å². The topological polar surface area (TPSA) is 32.8 Å². The zero-order chi connectivity index (χ0) is 8.55. The number of rotatable bonds is 2. The smallest absolute Gasteiger partial charge is 0.113 e. The molecule has 2 rings (SSSR count). The van der Waals surface area contributed by atoms with Gasteiger partial charge in [-0.3, -0.25) is 0 Å². The Bertz CT molecular complexity index is 288. The number of hydrogen-bond acceptors (Lipinski definition) is 2. The van der Waals surface area contributed by atoms with Crippen LogP contribution in [0, 0.1) is 0 Å². The Morgan fingerprint density at radius 2 is 2.17 bits per heavy atom. The van der Waals surface area contributed by atoms with Gasteiger partial charge in [-0.1, -0.05) is 29.8 Å². The highest BCUT2D eigenvalue weighted by Gasteiger charge is 2.40. The van der Waals surface area contributed by atoms with Gasteiger partial charge in [-0.15, -0.1) is 0 Å². The van der Waals surface area contributed by atoms with E-state index in [1.165, 1.54) is 0 Å². The number of epoxide rings is 1. The molecular weight excluding hydrogens is 176 g/mol. The third-order valence-electron chi connectivity index (χ3n) is 1.97. The largest absolute Gasteiger partial charge is 0.394 e. The number of hydrogen-bond donors (Lipinski definition) is 1. The average molecular weight is 185 g/mol. The summed E-state index contributed by atoms with van der Waals surface area (Å²) in [6.07, 6.45) is -0.0476. The van der Waals surface area contributed by atoms with Crippen molar-refractivity contribution in [2.24, 2.45) is 0 Å². The van der Waals surface area contributed by atoms with Gasteiger partial charge in [0, 0.05) is 10.6 Å². The van der Waals surface area contributed by atoms with Crippen LogP contribution < -0.4 is 0 Å². The van der Waals surface area contributed by atoms with Crippen molar-refractivity contribution in [3.63, 3.8) is 0 Å². The fourth-order valence-electron chi connectivity index (χ4n) is 1.26. The third kappa shape index (κ3) is 1.33. The Hall–Kier alpha value is -0.570. The summed E-state index contributed by atoms with van der Waals surface area (Å²) in [7, 11) is 0. The van der Waals surface area contributed by atoms with Crippen LogP contribution in [-0.4, -0.2) is 17.8 Å². The predicted octanol–water partition coefficient (Wildman–Crippen LogP) is 1.77. The molecule has 0 spiro atoms. The van der Waals surface area contributed by atoms with Crippen molar-refractivity contribution >= 4 is 11.6 Å². The van der Waals surface area contributed by atoms with Crippen LogP contribution in [0.5, 0.6) is 0 Å². The number of aliphatic hydroxyl groups is 1. The van der Waals surface area contributed by atoms with E-state index in [2.05, 4.69) is 0 Å². The van der Waals surface area contributed by atoms with Crippen molar-refractivity contribution in [2.75, 3.05) is 6.61 Å². The van der Waals surface area contributed by atoms with E-state index in [9.17, 15) is 0 Å². The van der Waals surface area contributed by atoms with E-state index in [-0.39, 0.29) is 18.8 Å². The monoisotopic (exact) mass is 184 g/mol. The Morgan fingerprint density at radius 3 is 2.75 bits per heavy atom. The maximum absolute atomic E-state index is 8.76. The summed E-state index contributed by atoms with van der Waals surface area (Å²) in [6.45, 7) is 0.0654. The molecule has 0 unspecified atom stereocenters. The lowest BCUT2D eigenvalue weighted by atomic mass is 10.1. The lowest BCUT2D eigenvalue weighted by molar-refractivity contribution is 0.242. The maximum Gasteiger partial charge on any atom is 0.113 e. The van der Waals surface area contributed by atoms with Crippen LogP contribution in [0.25, 0.3) is 0 Å². The molecule has 0 bridgehead atoms. The second-order valence-electron chi connectivity index (χ2n) is 2.80. The van der Waals surface area contributed by atoms with E-state index in [0.717, 1.165) is 5.56 Å². The molecule has 1 aromatic carbocycles. The first kappa shape index (κ1) is 8.05. The Labute approximate surface area is 75.7 Å². The van der Waals surface area contributed by atoms with Gasteiger partial charge in [0.15, 0.2) is 0 Å². The molecule has 0 saturated carbocycles. The number of aliphatic hydroxyl groups excluding tert-OH is 1. The average Bonchev–Trinajstić information content (AvgIpc) is 2.84. The minimum absolute atomic E-state index is 0.00343. The molecule has 0 aromatic heterocycles. The van der Waals surface area contributed by atoms with E-state index in [4.69, 9.17) is 21.4 Å². The predicted molar refractivity (Wildman–Crippen MR) is 46.2 cm³/mol. The molecule has 0 radical (unpaired) electrons. The molecule has 2 nitrogen and oxygen atoms in total. The molecule has 2 atom stereocenters. The lowest BCUT2D eigenvalue weighted by Crippen LogP contribution is -1.94. The third-order valence-corrected chi connectivity index (χ3v) is 2.32. The molecule has 1 aromatic rings. The van der Waals surface area contributed by atoms with E-state index >= 15 is 0 Å². The van der Waals surface area contributed by atoms with Gasteiger partial charge in [0.1, 0.15) is 12.2 Å². The van der Waals surface area contributed by atoms with Crippen LogP contribution in [0.2, 0.25) is 5.02 Å². The molecule has 64 valence electrons. The standard InChI is InChI=1S/C9H9ClO2/c10-7-4-2-1-3-6(7)9-8(5-11)12-9/h1-4,8-9,11H,5H2/t8-,9-/m1/s1. The number of ether oxygens (including phenoxy) is 1. The highest BCUT2D eigenvalue weighted by molar-refractivity contribution is 6.31. The summed E-state index contributed by atoms with van der Waals surface area (Å²) in [4.78, 5) is 0. The fourth-order valence-corrected chi connectivity index (χ4v) is 1.50. The number of halogens is 1. The molecule has 1 aliphatic rings. The van der Waals surface area contributed by atoms with Crippen molar-refractivity contribution in [1.82, 2.24) is 0 Å². The molecule has 1 heterocycles. The summed E-state index contributed by atoms with van der Waals surface area (Å²) in [5.74, 6) is 0. The van der Waals surface area contributed by atoms with E-state index in [1.807, 2.05) is 24.3 Å². The van der Waals surface area contributed by atoms with Crippen LogP contribution in [0.3, 0.4) is 0 Å². The highest BCUT2D eigenvalue weighted by atomic mass is 35.5. The quantitative estimate of drug-likeness (QED) is 0.711. The minimum atomic E-state index is -0.0510. The van der Waals surface area contributed by atoms with Gasteiger partial charge in [0.05, 0.1) is 6.61 Å². The van der Waals surface area contributed by atoms with E-state index in [1.54, 1.807) is 0 Å². The van der Waals surface area contributed by atoms with Gasteiger partial charge in [-0.05, 0) is 6.07 Å². The summed E-state index contributed by atoms with van der Waals surface area (Å²) in [6, 6.07) is 7.54. The van der Waals surface area contributed by atoms with Crippen molar-refractivity contribution < 1.29 is 9.84 Å². The van der Waals surface area contributed by atoms with Crippen LogP contribution in [0.15, 0.2) is 24.3 Å². The van der Waals surface area contributed by atoms with Gasteiger partial charge in [-0.25, -0.2) is 0 Å². The van der Waals surface area contributed by atoms with Gasteiger partial charge in [0.25, 0.3) is 0 Å². The SMILES string of the molecule is OC[C@H]1O[C@@H]1c1ccccc1Cl. The van der Waals surface area contributed by atoms with Gasteiger partial charge in [0.2, 0.25) is 0 Å². The lowest BCUT2D eigenvalue weighted by Gasteiger charge is -1.97. The van der Waals surface area contributed by atoms with Crippen molar-refractivity contribution in [3.8, 4) is 0 Å². The van der Waals surface area contributed by atoms with Gasteiger partial charge >= 0.3 is 0 Å². The maximum atomic E-state index is 8.76. The zero-order valence-corrected chi connectivity index (χ0v) is 7.16. The molecule has 1 N–H and O–H groups in total. The Kier molecular flexibility index (Phi) is 2.05. The Morgan fingerprint density at radius 1 is 1.42 bits per heavy atom. The zero-order valence-electron chi connectivity index (χ0n) is 6.40. The molecule has 1 saturated heterocycles. The summed E-state index contributed by atoms with van der Waals surface area (Å²) >= 11 is 5.92. The first-order chi connectivity index (χ1) is 5.83. The van der Waals surface area contributed by atoms with Crippen LogP contribution >= 0.6 is 11.6 Å². The van der Waals surface area contributed by atoms with Gasteiger partial charge in [-0.2, -0.15) is 0 Å². The van der Waals surface area contributed by atoms with Crippen LogP contribution in [0.4, 0.5) is 0 Å². The van der Waals surface area contributed by atoms with Crippen molar-refractivity contribution in [2.45, 2.75) is 12.2 Å². The van der Waals surface area contributed by atoms with Crippen LogP contribution in [-0.2, 0) is 4.74 Å². The summed E-state index contributed by atoms with van der Waals surface area (Å²) in [5, 5.41) is 9.47. The van der Waals surface area contributed by atoms with Crippen molar-refractivity contribution in [3.05, 3.63) is 34.9 Å². The minimum Gasteiger partial charge on any atom is -0.394 e. The fraction of sp³-hybridized carbons (Fsp3) is 0.333. The normalized spacial score (nSPS) is 27.2. The second-order valence-corrected chi connectivity index (χ2v) is 3.21. The van der Waals surface area contributed by atoms with Crippen molar-refractivity contribution in [1.29, 1.82) is 0 Å². The molecule has 1 fully saturated rings. The molecule has 0 aliphatic carbocycles. The van der Waals surface area contributed by atoms with Crippen LogP contribution in [0.1, 0.15) is 11.7 Å². The molecular formula is C9H9ClO2. The second kappa shape index (κ2) is 3.05. The summed E-state index contributed by atoms with van der Waals surface area (Å²) in [5.41, 5.74) is 0.971. The first-order valence-electron chi connectivity index (χ1n) is 3.83. The molecule has 12 heavy (non-hydrogen) atoms. The molecule has 0 amide bonds. The number of benzene rings is 1.